The van der Waals surface area contributed by atoms with Gasteiger partial charge in [-0.2, -0.15) is 10.3 Å². The van der Waals surface area contributed by atoms with Crippen molar-refractivity contribution in [1.29, 1.82) is 0 Å². The first-order chi connectivity index (χ1) is 11.0. The van der Waals surface area contributed by atoms with E-state index in [2.05, 4.69) is 15.4 Å². The van der Waals surface area contributed by atoms with E-state index in [1.807, 2.05) is 0 Å². The number of nitrogens with one attached hydrogen (secondary N) is 1. The number of benzene rings is 1. The number of aromatic nitrogens is 3. The van der Waals surface area contributed by atoms with Crippen LogP contribution in [0.2, 0.25) is 0 Å². The lowest BCUT2D eigenvalue weighted by atomic mass is 10.1. The van der Waals surface area contributed by atoms with Gasteiger partial charge in [0, 0.05) is 6.07 Å². The van der Waals surface area contributed by atoms with E-state index in [0.717, 1.165) is 0 Å². The Morgan fingerprint density at radius 1 is 1.30 bits per heavy atom. The molecule has 0 aliphatic carbocycles. The number of carbonyl (C=O) groups is 1. The van der Waals surface area contributed by atoms with Crippen molar-refractivity contribution in [3.8, 4) is 22.8 Å². The Balaban J connectivity index is 2.67. The van der Waals surface area contributed by atoms with E-state index in [0.29, 0.717) is 0 Å². The molecule has 1 aromatic heterocycles. The summed E-state index contributed by atoms with van der Waals surface area (Å²) in [5, 5.41) is 21.0. The van der Waals surface area contributed by atoms with Gasteiger partial charge in [-0.3, -0.25) is 10.1 Å². The van der Waals surface area contributed by atoms with Gasteiger partial charge in [0.1, 0.15) is 5.69 Å². The number of nitrogens with zero attached hydrogens (tertiary/aromatic N) is 3. The monoisotopic (exact) mass is 322 g/mol. The molecule has 0 bridgehead atoms. The Bertz CT molecular complexity index is 742. The molecular weight excluding hydrogens is 308 g/mol. The molecule has 0 unspecified atom stereocenters. The third-order valence-corrected chi connectivity index (χ3v) is 2.95. The van der Waals surface area contributed by atoms with Crippen LogP contribution < -0.4 is 9.47 Å². The highest BCUT2D eigenvalue weighted by molar-refractivity contribution is 5.95. The van der Waals surface area contributed by atoms with Gasteiger partial charge in [-0.05, 0) is 6.92 Å². The van der Waals surface area contributed by atoms with Gasteiger partial charge in [0.2, 0.25) is 0 Å². The zero-order chi connectivity index (χ0) is 17.0. The predicted molar refractivity (Wildman–Crippen MR) is 77.5 cm³/mol. The number of aromatic amines is 1. The van der Waals surface area contributed by atoms with Crippen molar-refractivity contribution in [2.24, 2.45) is 0 Å². The van der Waals surface area contributed by atoms with E-state index in [1.54, 1.807) is 6.92 Å². The molecule has 23 heavy (non-hydrogen) atoms. The number of methoxy groups -OCH3 is 2. The molecule has 0 saturated heterocycles. The number of hydrogen-bond acceptors (Lipinski definition) is 8. The molecule has 1 N–H and O–H groups in total. The van der Waals surface area contributed by atoms with E-state index in [-0.39, 0.29) is 40.7 Å². The minimum Gasteiger partial charge on any atom is -0.493 e. The summed E-state index contributed by atoms with van der Waals surface area (Å²) < 4.78 is 15.2. The summed E-state index contributed by atoms with van der Waals surface area (Å²) >= 11 is 0. The standard InChI is InChI=1S/C13H14N4O6/c1-4-23-13(18)11-10(14-16-15-11)8-5-7(17(19)20)6-9(21-2)12(8)22-3/h5-6H,4H2,1-3H3,(H,14,15,16). The van der Waals surface area contributed by atoms with Crippen molar-refractivity contribution in [1.82, 2.24) is 15.4 Å². The average Bonchev–Trinajstić information content (AvgIpc) is 3.03. The van der Waals surface area contributed by atoms with Crippen molar-refractivity contribution in [2.45, 2.75) is 6.92 Å². The van der Waals surface area contributed by atoms with Gasteiger partial charge in [-0.1, -0.05) is 0 Å². The maximum atomic E-state index is 11.9. The summed E-state index contributed by atoms with van der Waals surface area (Å²) in [4.78, 5) is 22.4. The Hall–Kier alpha value is -3.17. The first kappa shape index (κ1) is 16.2. The molecule has 0 radical (unpaired) electrons. The van der Waals surface area contributed by atoms with Crippen LogP contribution in [0.15, 0.2) is 12.1 Å². The van der Waals surface area contributed by atoms with Crippen LogP contribution in [0.25, 0.3) is 11.3 Å². The van der Waals surface area contributed by atoms with Crippen LogP contribution in [0, 0.1) is 10.1 Å². The number of hydrogen-bond donors (Lipinski definition) is 1. The molecule has 1 aromatic carbocycles. The van der Waals surface area contributed by atoms with Crippen LogP contribution in [0.3, 0.4) is 0 Å². The largest absolute Gasteiger partial charge is 0.493 e. The maximum Gasteiger partial charge on any atom is 0.361 e. The van der Waals surface area contributed by atoms with Crippen molar-refractivity contribution in [3.05, 3.63) is 27.9 Å². The third kappa shape index (κ3) is 3.05. The zero-order valence-electron chi connectivity index (χ0n) is 12.7. The number of esters is 1. The molecule has 0 atom stereocenters. The summed E-state index contributed by atoms with van der Waals surface area (Å²) in [7, 11) is 2.72. The molecule has 10 heteroatoms. The summed E-state index contributed by atoms with van der Waals surface area (Å²) in [6.45, 7) is 1.80. The lowest BCUT2D eigenvalue weighted by molar-refractivity contribution is -0.384. The highest BCUT2D eigenvalue weighted by atomic mass is 16.6. The van der Waals surface area contributed by atoms with E-state index in [9.17, 15) is 14.9 Å². The van der Waals surface area contributed by atoms with Gasteiger partial charge in [-0.15, -0.1) is 5.10 Å². The first-order valence-corrected chi connectivity index (χ1v) is 6.52. The van der Waals surface area contributed by atoms with E-state index < -0.39 is 10.9 Å². The number of carbonyl (C=O) groups excluding carboxylic acids is 1. The Kier molecular flexibility index (Phi) is 4.74. The molecule has 0 spiro atoms. The zero-order valence-corrected chi connectivity index (χ0v) is 12.7. The van der Waals surface area contributed by atoms with Crippen LogP contribution in [-0.2, 0) is 4.74 Å². The molecule has 0 aliphatic heterocycles. The van der Waals surface area contributed by atoms with Gasteiger partial charge >= 0.3 is 5.97 Å². The summed E-state index contributed by atoms with van der Waals surface area (Å²) in [5.74, 6) is -0.379. The van der Waals surface area contributed by atoms with E-state index >= 15 is 0 Å². The molecule has 2 aromatic rings. The van der Waals surface area contributed by atoms with E-state index in [4.69, 9.17) is 14.2 Å². The number of H-pyrrole nitrogens is 1. The van der Waals surface area contributed by atoms with Crippen molar-refractivity contribution >= 4 is 11.7 Å². The molecule has 1 heterocycles. The molecule has 2 rings (SSSR count). The fourth-order valence-electron chi connectivity index (χ4n) is 1.99. The quantitative estimate of drug-likeness (QED) is 0.482. The summed E-state index contributed by atoms with van der Waals surface area (Å²) in [6, 6.07) is 2.44. The lowest BCUT2D eigenvalue weighted by Crippen LogP contribution is -2.07. The number of rotatable bonds is 6. The Morgan fingerprint density at radius 2 is 2.04 bits per heavy atom. The molecule has 0 saturated carbocycles. The number of ether oxygens (including phenoxy) is 3. The van der Waals surface area contributed by atoms with Crippen molar-refractivity contribution in [3.63, 3.8) is 0 Å². The Labute approximate surface area is 130 Å². The second-order valence-electron chi connectivity index (χ2n) is 4.23. The first-order valence-electron chi connectivity index (χ1n) is 6.52. The smallest absolute Gasteiger partial charge is 0.361 e. The van der Waals surface area contributed by atoms with Crippen LogP contribution in [-0.4, -0.2) is 47.1 Å². The van der Waals surface area contributed by atoms with Crippen molar-refractivity contribution in [2.75, 3.05) is 20.8 Å². The van der Waals surface area contributed by atoms with Crippen LogP contribution >= 0.6 is 0 Å². The van der Waals surface area contributed by atoms with Gasteiger partial charge in [0.15, 0.2) is 17.2 Å². The fourth-order valence-corrected chi connectivity index (χ4v) is 1.99. The van der Waals surface area contributed by atoms with Crippen molar-refractivity contribution < 1.29 is 23.9 Å². The van der Waals surface area contributed by atoms with Crippen LogP contribution in [0.1, 0.15) is 17.4 Å². The van der Waals surface area contributed by atoms with Gasteiger partial charge in [-0.25, -0.2) is 4.79 Å². The summed E-state index contributed by atoms with van der Waals surface area (Å²) in [6.07, 6.45) is 0. The summed E-state index contributed by atoms with van der Waals surface area (Å²) in [5.41, 5.74) is -0.0826. The van der Waals surface area contributed by atoms with Gasteiger partial charge in [0.25, 0.3) is 5.69 Å². The van der Waals surface area contributed by atoms with Gasteiger partial charge in [0.05, 0.1) is 37.4 Å². The molecule has 0 amide bonds. The molecular formula is C13H14N4O6. The topological polar surface area (TPSA) is 129 Å². The minimum atomic E-state index is -0.705. The number of nitro benzene ring substituents is 1. The molecule has 0 fully saturated rings. The minimum absolute atomic E-state index is 0.0716. The molecule has 122 valence electrons. The second kappa shape index (κ2) is 6.73. The second-order valence-corrected chi connectivity index (χ2v) is 4.23. The average molecular weight is 322 g/mol. The normalized spacial score (nSPS) is 10.2. The lowest BCUT2D eigenvalue weighted by Gasteiger charge is -2.11. The highest BCUT2D eigenvalue weighted by Gasteiger charge is 2.26. The molecule has 0 aliphatic rings. The van der Waals surface area contributed by atoms with Crippen LogP contribution in [0.5, 0.6) is 11.5 Å². The maximum absolute atomic E-state index is 11.9. The highest BCUT2D eigenvalue weighted by Crippen LogP contribution is 2.41. The predicted octanol–water partition coefficient (Wildman–Crippen LogP) is 1.57. The Morgan fingerprint density at radius 3 is 2.61 bits per heavy atom. The number of nitro groups is 1. The molecule has 10 nitrogen and oxygen atoms in total. The SMILES string of the molecule is CCOC(=O)c1n[nH]nc1-c1cc([N+](=O)[O-])cc(OC)c1OC. The fraction of sp³-hybridized carbons (Fsp3) is 0.308. The number of non-ortho nitro benzene ring substituents is 1. The van der Waals surface area contributed by atoms with Gasteiger partial charge < -0.3 is 14.2 Å². The van der Waals surface area contributed by atoms with Crippen LogP contribution in [0.4, 0.5) is 5.69 Å². The third-order valence-electron chi connectivity index (χ3n) is 2.95. The van der Waals surface area contributed by atoms with E-state index in [1.165, 1.54) is 26.4 Å².